The maximum absolute atomic E-state index is 11.7. The van der Waals surface area contributed by atoms with Gasteiger partial charge in [0.15, 0.2) is 0 Å². The molecule has 0 radical (unpaired) electrons. The second kappa shape index (κ2) is 31.4. The van der Waals surface area contributed by atoms with E-state index in [9.17, 15) is 4.79 Å². The second-order valence-electron chi connectivity index (χ2n) is 9.91. The highest BCUT2D eigenvalue weighted by molar-refractivity contribution is 5.69. The van der Waals surface area contributed by atoms with Gasteiger partial charge in [-0.15, -0.1) is 0 Å². The Hall–Kier alpha value is -0.650. The van der Waals surface area contributed by atoms with Gasteiger partial charge in [0.1, 0.15) is 0 Å². The summed E-state index contributed by atoms with van der Waals surface area (Å²) in [4.78, 5) is 11.7. The average Bonchev–Trinajstić information content (AvgIpc) is 2.86. The molecule has 0 atom stereocenters. The van der Waals surface area contributed by atoms with Gasteiger partial charge in [-0.2, -0.15) is 0 Å². The number of methoxy groups -OCH3 is 1. The van der Waals surface area contributed by atoms with E-state index in [4.69, 9.17) is 18.9 Å². The highest BCUT2D eigenvalue weighted by atomic mass is 16.5. The zero-order chi connectivity index (χ0) is 25.5. The second-order valence-corrected chi connectivity index (χ2v) is 9.91. The summed E-state index contributed by atoms with van der Waals surface area (Å²) < 4.78 is 20.8. The zero-order valence-electron chi connectivity index (χ0n) is 23.6. The first-order valence-electron chi connectivity index (χ1n) is 15.1. The first kappa shape index (κ1) is 34.4. The van der Waals surface area contributed by atoms with E-state index in [1.165, 1.54) is 116 Å². The molecule has 0 aromatic heterocycles. The highest BCUT2D eigenvalue weighted by Crippen LogP contribution is 2.14. The number of unbranched alkanes of at least 4 members (excludes halogenated alkanes) is 19. The van der Waals surface area contributed by atoms with Crippen molar-refractivity contribution < 1.29 is 23.7 Å². The summed E-state index contributed by atoms with van der Waals surface area (Å²) in [5.74, 6) is -0.164. The van der Waals surface area contributed by atoms with Crippen LogP contribution in [0.2, 0.25) is 0 Å². The van der Waals surface area contributed by atoms with Crippen molar-refractivity contribution in [1.82, 2.24) is 0 Å². The number of esters is 1. The Labute approximate surface area is 218 Å². The van der Waals surface area contributed by atoms with Crippen LogP contribution in [0.1, 0.15) is 142 Å². The molecule has 0 fully saturated rings. The van der Waals surface area contributed by atoms with E-state index in [2.05, 4.69) is 6.92 Å². The van der Waals surface area contributed by atoms with E-state index in [1.54, 1.807) is 7.11 Å². The minimum Gasteiger partial charge on any atom is -0.466 e. The molecular formula is C30H60O5. The summed E-state index contributed by atoms with van der Waals surface area (Å²) >= 11 is 0. The van der Waals surface area contributed by atoms with E-state index < -0.39 is 0 Å². The lowest BCUT2D eigenvalue weighted by molar-refractivity contribution is -0.145. The number of hydrogen-bond acceptors (Lipinski definition) is 5. The van der Waals surface area contributed by atoms with Crippen LogP contribution in [0.15, 0.2) is 0 Å². The van der Waals surface area contributed by atoms with E-state index in [1.807, 2.05) is 0 Å². The van der Waals surface area contributed by atoms with Crippen LogP contribution < -0.4 is 0 Å². The largest absolute Gasteiger partial charge is 0.466 e. The van der Waals surface area contributed by atoms with Gasteiger partial charge in [0, 0.05) is 7.11 Å². The first-order chi connectivity index (χ1) is 17.3. The van der Waals surface area contributed by atoms with Crippen molar-refractivity contribution in [3.63, 3.8) is 0 Å². The van der Waals surface area contributed by atoms with Crippen molar-refractivity contribution in [2.24, 2.45) is 0 Å². The van der Waals surface area contributed by atoms with Crippen LogP contribution in [0.4, 0.5) is 0 Å². The summed E-state index contributed by atoms with van der Waals surface area (Å²) in [5.41, 5.74) is 0. The van der Waals surface area contributed by atoms with Crippen LogP contribution in [0.3, 0.4) is 0 Å². The van der Waals surface area contributed by atoms with Gasteiger partial charge in [0.25, 0.3) is 0 Å². The molecule has 0 aliphatic rings. The van der Waals surface area contributed by atoms with Crippen molar-refractivity contribution in [3.05, 3.63) is 0 Å². The molecule has 0 heterocycles. The molecule has 5 heteroatoms. The Bertz CT molecular complexity index is 402. The van der Waals surface area contributed by atoms with Gasteiger partial charge in [-0.25, -0.2) is 0 Å². The topological polar surface area (TPSA) is 54.0 Å². The minimum atomic E-state index is -0.164. The molecule has 35 heavy (non-hydrogen) atoms. The quantitative estimate of drug-likeness (QED) is 0.0731. The van der Waals surface area contributed by atoms with Gasteiger partial charge in [-0.1, -0.05) is 129 Å². The fourth-order valence-corrected chi connectivity index (χ4v) is 4.24. The third kappa shape index (κ3) is 31.3. The van der Waals surface area contributed by atoms with Gasteiger partial charge >= 0.3 is 5.97 Å². The molecule has 0 N–H and O–H groups in total. The van der Waals surface area contributed by atoms with Gasteiger partial charge < -0.3 is 18.9 Å². The van der Waals surface area contributed by atoms with Crippen LogP contribution in [0.25, 0.3) is 0 Å². The zero-order valence-corrected chi connectivity index (χ0v) is 23.6. The maximum atomic E-state index is 11.7. The Morgan fingerprint density at radius 1 is 0.457 bits per heavy atom. The molecule has 0 aromatic carbocycles. The molecule has 0 aliphatic heterocycles. The Kier molecular flexibility index (Phi) is 30.8. The monoisotopic (exact) mass is 500 g/mol. The van der Waals surface area contributed by atoms with E-state index in [0.717, 1.165) is 12.8 Å². The highest BCUT2D eigenvalue weighted by Gasteiger charge is 2.03. The molecule has 0 rings (SSSR count). The van der Waals surface area contributed by atoms with Crippen LogP contribution in [0, 0.1) is 0 Å². The molecule has 0 aliphatic carbocycles. The van der Waals surface area contributed by atoms with Crippen molar-refractivity contribution in [2.45, 2.75) is 142 Å². The maximum Gasteiger partial charge on any atom is 0.308 e. The van der Waals surface area contributed by atoms with Crippen molar-refractivity contribution in [2.75, 3.05) is 46.8 Å². The number of rotatable bonds is 30. The summed E-state index contributed by atoms with van der Waals surface area (Å²) in [5, 5.41) is 0. The van der Waals surface area contributed by atoms with Gasteiger partial charge in [-0.05, 0) is 6.42 Å². The molecule has 5 nitrogen and oxygen atoms in total. The third-order valence-electron chi connectivity index (χ3n) is 6.52. The molecular weight excluding hydrogens is 440 g/mol. The summed E-state index contributed by atoms with van der Waals surface area (Å²) in [6, 6.07) is 0. The Morgan fingerprint density at radius 2 is 0.829 bits per heavy atom. The normalized spacial score (nSPS) is 11.3. The average molecular weight is 501 g/mol. The molecule has 0 saturated carbocycles. The summed E-state index contributed by atoms with van der Waals surface area (Å²) in [6.07, 6.45) is 27.8. The van der Waals surface area contributed by atoms with Crippen molar-refractivity contribution in [3.8, 4) is 0 Å². The lowest BCUT2D eigenvalue weighted by Crippen LogP contribution is -2.12. The van der Waals surface area contributed by atoms with E-state index in [-0.39, 0.29) is 5.97 Å². The van der Waals surface area contributed by atoms with Crippen LogP contribution in [-0.4, -0.2) is 52.7 Å². The Balaban J connectivity index is 3.11. The SMILES string of the molecule is CCCCCCCCCCCCCCCCCCCCCCOC(=O)CCOCCOCCOC. The number of carbonyl (C=O) groups is 1. The molecule has 0 aromatic rings. The van der Waals surface area contributed by atoms with Crippen LogP contribution in [0.5, 0.6) is 0 Å². The molecule has 0 amide bonds. The number of carbonyl (C=O) groups excluding carboxylic acids is 1. The third-order valence-corrected chi connectivity index (χ3v) is 6.52. The minimum absolute atomic E-state index is 0.164. The molecule has 210 valence electrons. The van der Waals surface area contributed by atoms with Crippen molar-refractivity contribution in [1.29, 1.82) is 0 Å². The molecule has 0 spiro atoms. The Morgan fingerprint density at radius 3 is 1.26 bits per heavy atom. The van der Waals surface area contributed by atoms with Gasteiger partial charge in [0.05, 0.1) is 46.1 Å². The predicted octanol–water partition coefficient (Wildman–Crippen LogP) is 8.42. The molecule has 0 bridgehead atoms. The fourth-order valence-electron chi connectivity index (χ4n) is 4.24. The molecule has 0 unspecified atom stereocenters. The molecule has 0 saturated heterocycles. The van der Waals surface area contributed by atoms with Crippen LogP contribution in [-0.2, 0) is 23.7 Å². The lowest BCUT2D eigenvalue weighted by Gasteiger charge is -2.07. The smallest absolute Gasteiger partial charge is 0.308 e. The fraction of sp³-hybridized carbons (Fsp3) is 0.967. The number of ether oxygens (including phenoxy) is 4. The van der Waals surface area contributed by atoms with E-state index >= 15 is 0 Å². The lowest BCUT2D eigenvalue weighted by atomic mass is 10.0. The first-order valence-corrected chi connectivity index (χ1v) is 15.1. The van der Waals surface area contributed by atoms with Gasteiger partial charge in [-0.3, -0.25) is 4.79 Å². The van der Waals surface area contributed by atoms with Gasteiger partial charge in [0.2, 0.25) is 0 Å². The predicted molar refractivity (Wildman–Crippen MR) is 147 cm³/mol. The van der Waals surface area contributed by atoms with E-state index in [0.29, 0.717) is 46.1 Å². The van der Waals surface area contributed by atoms with Crippen molar-refractivity contribution >= 4 is 5.97 Å². The standard InChI is InChI=1S/C30H60O5/c1-3-4-5-6-7-8-9-10-11-12-13-14-15-16-17-18-19-20-21-22-24-35-30(31)23-25-33-28-29-34-27-26-32-2/h3-29H2,1-2H3. The summed E-state index contributed by atoms with van der Waals surface area (Å²) in [6.45, 7) is 5.40. The van der Waals surface area contributed by atoms with Crippen LogP contribution >= 0.6 is 0 Å². The summed E-state index contributed by atoms with van der Waals surface area (Å²) in [7, 11) is 1.65. The number of hydrogen-bond donors (Lipinski definition) is 0.